The highest BCUT2D eigenvalue weighted by molar-refractivity contribution is 5.49. The van der Waals surface area contributed by atoms with Crippen molar-refractivity contribution < 1.29 is 5.11 Å². The highest BCUT2D eigenvalue weighted by Crippen LogP contribution is 2.27. The molecule has 1 aliphatic rings. The molecule has 1 aliphatic carbocycles. The van der Waals surface area contributed by atoms with Crippen LogP contribution in [0, 0.1) is 19.8 Å². The number of anilines is 1. The summed E-state index contributed by atoms with van der Waals surface area (Å²) in [7, 11) is 0. The highest BCUT2D eigenvalue weighted by atomic mass is 16.3. The molecule has 3 heteroatoms. The third kappa shape index (κ3) is 5.67. The van der Waals surface area contributed by atoms with Crippen molar-refractivity contribution in [3.63, 3.8) is 0 Å². The van der Waals surface area contributed by atoms with Gasteiger partial charge in [-0.1, -0.05) is 44.3 Å². The van der Waals surface area contributed by atoms with Crippen LogP contribution < -0.4 is 11.5 Å². The second-order valence-electron chi connectivity index (χ2n) is 7.19. The molecule has 0 heterocycles. The van der Waals surface area contributed by atoms with Crippen LogP contribution in [0.3, 0.4) is 0 Å². The van der Waals surface area contributed by atoms with Crippen LogP contribution in [-0.2, 0) is 6.42 Å². The second-order valence-corrected chi connectivity index (χ2v) is 7.19. The SMILES string of the molecule is Cc1cc(N)cc(C)c1CC(N)/C=C\[C@@H](O)CC1CCCCC1. The van der Waals surface area contributed by atoms with Gasteiger partial charge in [0, 0.05) is 11.7 Å². The molecule has 0 bridgehead atoms. The molecule has 0 spiro atoms. The van der Waals surface area contributed by atoms with Gasteiger partial charge in [-0.2, -0.15) is 0 Å². The number of nitrogens with two attached hydrogens (primary N) is 2. The Labute approximate surface area is 140 Å². The quantitative estimate of drug-likeness (QED) is 0.554. The molecule has 1 unspecified atom stereocenters. The summed E-state index contributed by atoms with van der Waals surface area (Å²) in [6.07, 6.45) is 11.7. The Hall–Kier alpha value is -1.32. The molecule has 0 radical (unpaired) electrons. The normalized spacial score (nSPS) is 19.1. The Morgan fingerprint density at radius 3 is 2.35 bits per heavy atom. The largest absolute Gasteiger partial charge is 0.399 e. The van der Waals surface area contributed by atoms with E-state index in [4.69, 9.17) is 11.5 Å². The number of benzene rings is 1. The highest BCUT2D eigenvalue weighted by Gasteiger charge is 2.16. The molecule has 1 aromatic carbocycles. The van der Waals surface area contributed by atoms with Gasteiger partial charge in [-0.05, 0) is 61.4 Å². The van der Waals surface area contributed by atoms with Gasteiger partial charge in [0.15, 0.2) is 0 Å². The van der Waals surface area contributed by atoms with Gasteiger partial charge in [-0.15, -0.1) is 0 Å². The number of aliphatic hydroxyl groups is 1. The molecule has 0 saturated heterocycles. The Balaban J connectivity index is 1.87. The lowest BCUT2D eigenvalue weighted by Crippen LogP contribution is -2.22. The summed E-state index contributed by atoms with van der Waals surface area (Å²) < 4.78 is 0. The summed E-state index contributed by atoms with van der Waals surface area (Å²) in [6.45, 7) is 4.15. The van der Waals surface area contributed by atoms with E-state index >= 15 is 0 Å². The Morgan fingerprint density at radius 1 is 1.13 bits per heavy atom. The van der Waals surface area contributed by atoms with E-state index < -0.39 is 0 Å². The standard InChI is InChI=1S/C20H32N2O/c1-14-10-18(22)11-15(2)20(14)13-17(21)8-9-19(23)12-16-6-4-3-5-7-16/h8-11,16-17,19,23H,3-7,12-13,21-22H2,1-2H3/b9-8-/t17?,19-/m1/s1. The molecule has 0 amide bonds. The number of rotatable bonds is 6. The van der Waals surface area contributed by atoms with Gasteiger partial charge in [-0.3, -0.25) is 0 Å². The third-order valence-corrected chi connectivity index (χ3v) is 5.04. The maximum atomic E-state index is 10.2. The Kier molecular flexibility index (Phi) is 6.67. The first-order valence-corrected chi connectivity index (χ1v) is 8.93. The summed E-state index contributed by atoms with van der Waals surface area (Å²) in [5.74, 6) is 0.682. The van der Waals surface area contributed by atoms with Gasteiger partial charge >= 0.3 is 0 Å². The van der Waals surface area contributed by atoms with E-state index in [-0.39, 0.29) is 12.1 Å². The molecule has 2 rings (SSSR count). The molecule has 5 N–H and O–H groups in total. The predicted molar refractivity (Wildman–Crippen MR) is 98.3 cm³/mol. The van der Waals surface area contributed by atoms with Crippen molar-refractivity contribution in [2.24, 2.45) is 11.7 Å². The molecule has 3 nitrogen and oxygen atoms in total. The summed E-state index contributed by atoms with van der Waals surface area (Å²) in [4.78, 5) is 0. The lowest BCUT2D eigenvalue weighted by molar-refractivity contribution is 0.170. The topological polar surface area (TPSA) is 72.3 Å². The van der Waals surface area contributed by atoms with Crippen LogP contribution in [0.1, 0.15) is 55.2 Å². The zero-order valence-electron chi connectivity index (χ0n) is 14.6. The van der Waals surface area contributed by atoms with Crippen LogP contribution >= 0.6 is 0 Å². The van der Waals surface area contributed by atoms with Crippen LogP contribution in [0.5, 0.6) is 0 Å². The third-order valence-electron chi connectivity index (χ3n) is 5.04. The van der Waals surface area contributed by atoms with E-state index in [1.165, 1.54) is 48.8 Å². The molecule has 0 aliphatic heterocycles. The van der Waals surface area contributed by atoms with E-state index in [1.807, 2.05) is 24.3 Å². The fraction of sp³-hybridized carbons (Fsp3) is 0.600. The molecule has 0 aromatic heterocycles. The van der Waals surface area contributed by atoms with Crippen LogP contribution in [0.4, 0.5) is 5.69 Å². The van der Waals surface area contributed by atoms with Crippen molar-refractivity contribution >= 4 is 5.69 Å². The number of nitrogen functional groups attached to an aromatic ring is 1. The van der Waals surface area contributed by atoms with E-state index in [9.17, 15) is 5.11 Å². The molecule has 2 atom stereocenters. The Bertz CT molecular complexity index is 509. The minimum atomic E-state index is -0.363. The number of hydrogen-bond acceptors (Lipinski definition) is 3. The van der Waals surface area contributed by atoms with E-state index in [2.05, 4.69) is 13.8 Å². The fourth-order valence-corrected chi connectivity index (χ4v) is 3.77. The molecule has 1 saturated carbocycles. The predicted octanol–water partition coefficient (Wildman–Crippen LogP) is 3.64. The summed E-state index contributed by atoms with van der Waals surface area (Å²) in [5.41, 5.74) is 16.5. The number of aryl methyl sites for hydroxylation is 2. The van der Waals surface area contributed by atoms with Crippen LogP contribution in [0.25, 0.3) is 0 Å². The van der Waals surface area contributed by atoms with Crippen LogP contribution in [0.2, 0.25) is 0 Å². The monoisotopic (exact) mass is 316 g/mol. The van der Waals surface area contributed by atoms with Gasteiger partial charge in [0.1, 0.15) is 0 Å². The average Bonchev–Trinajstić information content (AvgIpc) is 2.50. The lowest BCUT2D eigenvalue weighted by atomic mass is 9.85. The minimum Gasteiger partial charge on any atom is -0.399 e. The van der Waals surface area contributed by atoms with E-state index in [0.717, 1.165) is 18.5 Å². The van der Waals surface area contributed by atoms with Gasteiger partial charge in [0.05, 0.1) is 6.10 Å². The van der Waals surface area contributed by atoms with E-state index in [1.54, 1.807) is 0 Å². The Morgan fingerprint density at radius 2 is 1.74 bits per heavy atom. The van der Waals surface area contributed by atoms with Gasteiger partial charge < -0.3 is 16.6 Å². The number of aliphatic hydroxyl groups excluding tert-OH is 1. The number of hydrogen-bond donors (Lipinski definition) is 3. The lowest BCUT2D eigenvalue weighted by Gasteiger charge is -2.23. The molecular weight excluding hydrogens is 284 g/mol. The average molecular weight is 316 g/mol. The molecule has 23 heavy (non-hydrogen) atoms. The molecule has 128 valence electrons. The van der Waals surface area contributed by atoms with Gasteiger partial charge in [0.25, 0.3) is 0 Å². The van der Waals surface area contributed by atoms with Crippen LogP contribution in [0.15, 0.2) is 24.3 Å². The first-order valence-electron chi connectivity index (χ1n) is 8.93. The zero-order valence-corrected chi connectivity index (χ0v) is 14.6. The first kappa shape index (κ1) is 18.0. The van der Waals surface area contributed by atoms with Crippen LogP contribution in [-0.4, -0.2) is 17.3 Å². The first-order chi connectivity index (χ1) is 11.0. The van der Waals surface area contributed by atoms with E-state index in [0.29, 0.717) is 5.92 Å². The molecule has 1 aromatic rings. The minimum absolute atomic E-state index is 0.0722. The van der Waals surface area contributed by atoms with Gasteiger partial charge in [-0.25, -0.2) is 0 Å². The maximum absolute atomic E-state index is 10.2. The van der Waals surface area contributed by atoms with Crippen molar-refractivity contribution in [3.8, 4) is 0 Å². The summed E-state index contributed by atoms with van der Waals surface area (Å²) >= 11 is 0. The molecule has 1 fully saturated rings. The van der Waals surface area contributed by atoms with Crippen molar-refractivity contribution in [1.29, 1.82) is 0 Å². The fourth-order valence-electron chi connectivity index (χ4n) is 3.77. The van der Waals surface area contributed by atoms with Crippen molar-refractivity contribution in [2.45, 2.75) is 70.9 Å². The molecular formula is C20H32N2O. The van der Waals surface area contributed by atoms with Crippen molar-refractivity contribution in [2.75, 3.05) is 5.73 Å². The second kappa shape index (κ2) is 8.51. The summed E-state index contributed by atoms with van der Waals surface area (Å²) in [6, 6.07) is 3.92. The van der Waals surface area contributed by atoms with Gasteiger partial charge in [0.2, 0.25) is 0 Å². The maximum Gasteiger partial charge on any atom is 0.0724 e. The smallest absolute Gasteiger partial charge is 0.0724 e. The van der Waals surface area contributed by atoms with Crippen molar-refractivity contribution in [3.05, 3.63) is 41.0 Å². The summed E-state index contributed by atoms with van der Waals surface area (Å²) in [5, 5.41) is 10.2. The zero-order chi connectivity index (χ0) is 16.8. The van der Waals surface area contributed by atoms with Crippen molar-refractivity contribution in [1.82, 2.24) is 0 Å².